The first-order chi connectivity index (χ1) is 14.6. The topological polar surface area (TPSA) is 60.5 Å². The van der Waals surface area contributed by atoms with Crippen molar-refractivity contribution in [2.24, 2.45) is 0 Å². The second-order valence-corrected chi connectivity index (χ2v) is 8.32. The number of benzene rings is 2. The lowest BCUT2D eigenvalue weighted by Gasteiger charge is -2.38. The molecule has 5 nitrogen and oxygen atoms in total. The third-order valence-electron chi connectivity index (χ3n) is 5.46. The fourth-order valence-electron chi connectivity index (χ4n) is 3.72. The molecule has 0 aliphatic carbocycles. The van der Waals surface area contributed by atoms with Crippen LogP contribution in [-0.4, -0.2) is 30.6 Å². The Bertz CT molecular complexity index is 987. The molecule has 2 heterocycles. The van der Waals surface area contributed by atoms with Crippen molar-refractivity contribution in [3.63, 3.8) is 0 Å². The molecule has 1 fully saturated rings. The van der Waals surface area contributed by atoms with Gasteiger partial charge in [0.1, 0.15) is 11.5 Å². The smallest absolute Gasteiger partial charge is 0.251 e. The Balaban J connectivity index is 1.43. The Hall–Kier alpha value is -2.70. The summed E-state index contributed by atoms with van der Waals surface area (Å²) in [6.07, 6.45) is 5.10. The molecule has 1 aliphatic heterocycles. The largest absolute Gasteiger partial charge is 0.456 e. The normalized spacial score (nSPS) is 15.4. The maximum Gasteiger partial charge on any atom is 0.251 e. The van der Waals surface area contributed by atoms with Gasteiger partial charge in [-0.25, -0.2) is 0 Å². The first-order valence-corrected chi connectivity index (χ1v) is 10.7. The lowest BCUT2D eigenvalue weighted by atomic mass is 9.74. The van der Waals surface area contributed by atoms with Crippen LogP contribution in [0.4, 0.5) is 0 Å². The SMILES string of the molecule is O=C(NCC1(c2cccc(Br)c2)CCOCC1)c1ccc(Oc2cccnc2)cc1. The molecule has 1 amide bonds. The second kappa shape index (κ2) is 9.41. The minimum atomic E-state index is -0.124. The van der Waals surface area contributed by atoms with E-state index in [1.165, 1.54) is 5.56 Å². The molecule has 0 radical (unpaired) electrons. The van der Waals surface area contributed by atoms with Crippen LogP contribution in [0.3, 0.4) is 0 Å². The highest BCUT2D eigenvalue weighted by Crippen LogP contribution is 2.35. The molecule has 2 aromatic carbocycles. The second-order valence-electron chi connectivity index (χ2n) is 7.40. The lowest BCUT2D eigenvalue weighted by molar-refractivity contribution is 0.0487. The number of pyridine rings is 1. The van der Waals surface area contributed by atoms with Gasteiger partial charge < -0.3 is 14.8 Å². The van der Waals surface area contributed by atoms with E-state index in [-0.39, 0.29) is 11.3 Å². The van der Waals surface area contributed by atoms with Crippen LogP contribution >= 0.6 is 15.9 Å². The number of nitrogens with zero attached hydrogens (tertiary/aromatic N) is 1. The Morgan fingerprint density at radius 2 is 1.87 bits per heavy atom. The molecule has 0 spiro atoms. The molecule has 3 aromatic rings. The number of amides is 1. The summed E-state index contributed by atoms with van der Waals surface area (Å²) in [5.74, 6) is 1.23. The molecule has 1 aliphatic rings. The van der Waals surface area contributed by atoms with Gasteiger partial charge in [-0.2, -0.15) is 0 Å². The number of hydrogen-bond acceptors (Lipinski definition) is 4. The van der Waals surface area contributed by atoms with Crippen molar-refractivity contribution in [2.45, 2.75) is 18.3 Å². The van der Waals surface area contributed by atoms with Crippen LogP contribution in [-0.2, 0) is 10.2 Å². The first kappa shape index (κ1) is 20.6. The molecule has 0 saturated carbocycles. The third kappa shape index (κ3) is 4.89. The zero-order chi connectivity index (χ0) is 20.8. The molecule has 0 bridgehead atoms. The molecule has 6 heteroatoms. The number of ether oxygens (including phenoxy) is 2. The third-order valence-corrected chi connectivity index (χ3v) is 5.95. The summed E-state index contributed by atoms with van der Waals surface area (Å²) in [5, 5.41) is 3.14. The van der Waals surface area contributed by atoms with E-state index in [0.717, 1.165) is 17.3 Å². The summed E-state index contributed by atoms with van der Waals surface area (Å²) in [7, 11) is 0. The Kier molecular flexibility index (Phi) is 6.45. The minimum absolute atomic E-state index is 0.0937. The summed E-state index contributed by atoms with van der Waals surface area (Å²) in [4.78, 5) is 16.8. The van der Waals surface area contributed by atoms with Gasteiger partial charge >= 0.3 is 0 Å². The summed E-state index contributed by atoms with van der Waals surface area (Å²) in [6.45, 7) is 1.96. The van der Waals surface area contributed by atoms with E-state index in [1.807, 2.05) is 24.3 Å². The van der Waals surface area contributed by atoms with Crippen LogP contribution in [0, 0.1) is 0 Å². The zero-order valence-electron chi connectivity index (χ0n) is 16.5. The molecule has 0 atom stereocenters. The molecule has 30 heavy (non-hydrogen) atoms. The van der Waals surface area contributed by atoms with Gasteiger partial charge in [0.05, 0.1) is 6.20 Å². The number of hydrogen-bond donors (Lipinski definition) is 1. The Morgan fingerprint density at radius 3 is 2.57 bits per heavy atom. The fourth-order valence-corrected chi connectivity index (χ4v) is 4.12. The van der Waals surface area contributed by atoms with Crippen LogP contribution in [0.2, 0.25) is 0 Å². The predicted molar refractivity (Wildman–Crippen MR) is 119 cm³/mol. The van der Waals surface area contributed by atoms with Crippen LogP contribution < -0.4 is 10.1 Å². The van der Waals surface area contributed by atoms with E-state index in [0.29, 0.717) is 36.8 Å². The van der Waals surface area contributed by atoms with Crippen molar-refractivity contribution in [1.29, 1.82) is 0 Å². The highest BCUT2D eigenvalue weighted by molar-refractivity contribution is 9.10. The van der Waals surface area contributed by atoms with Gasteiger partial charge in [-0.1, -0.05) is 28.1 Å². The molecule has 1 N–H and O–H groups in total. The van der Waals surface area contributed by atoms with E-state index >= 15 is 0 Å². The van der Waals surface area contributed by atoms with E-state index in [9.17, 15) is 4.79 Å². The summed E-state index contributed by atoms with van der Waals surface area (Å²) in [6, 6.07) is 19.1. The molecular formula is C24H23BrN2O3. The number of carbonyl (C=O) groups excluding carboxylic acids is 1. The monoisotopic (exact) mass is 466 g/mol. The van der Waals surface area contributed by atoms with Gasteiger partial charge in [0, 0.05) is 41.4 Å². The van der Waals surface area contributed by atoms with E-state index in [1.54, 1.807) is 36.7 Å². The van der Waals surface area contributed by atoms with Crippen LogP contribution in [0.15, 0.2) is 77.5 Å². The van der Waals surface area contributed by atoms with E-state index in [2.05, 4.69) is 38.4 Å². The average Bonchev–Trinajstić information content (AvgIpc) is 2.79. The van der Waals surface area contributed by atoms with Crippen molar-refractivity contribution in [1.82, 2.24) is 10.3 Å². The number of nitrogens with one attached hydrogen (secondary N) is 1. The minimum Gasteiger partial charge on any atom is -0.456 e. The van der Waals surface area contributed by atoms with Gasteiger partial charge in [0.15, 0.2) is 0 Å². The number of aromatic nitrogens is 1. The van der Waals surface area contributed by atoms with Gasteiger partial charge in [0.25, 0.3) is 5.91 Å². The summed E-state index contributed by atoms with van der Waals surface area (Å²) >= 11 is 3.57. The highest BCUT2D eigenvalue weighted by Gasteiger charge is 2.35. The average molecular weight is 467 g/mol. The standard InChI is InChI=1S/C24H23BrN2O3/c25-20-4-1-3-19(15-20)24(10-13-29-14-11-24)17-27-23(28)18-6-8-21(9-7-18)30-22-5-2-12-26-16-22/h1-9,12,15-16H,10-11,13-14,17H2,(H,27,28). The van der Waals surface area contributed by atoms with Gasteiger partial charge in [-0.15, -0.1) is 0 Å². The van der Waals surface area contributed by atoms with Gasteiger partial charge in [-0.05, 0) is 66.9 Å². The fraction of sp³-hybridized carbons (Fsp3) is 0.250. The van der Waals surface area contributed by atoms with Crippen LogP contribution in [0.25, 0.3) is 0 Å². The Morgan fingerprint density at radius 1 is 1.07 bits per heavy atom. The Labute approximate surface area is 184 Å². The van der Waals surface area contributed by atoms with Crippen LogP contribution in [0.1, 0.15) is 28.8 Å². The molecule has 4 rings (SSSR count). The predicted octanol–water partition coefficient (Wildman–Crippen LogP) is 5.11. The molecule has 1 aromatic heterocycles. The molecule has 1 saturated heterocycles. The summed E-state index contributed by atoms with van der Waals surface area (Å²) < 4.78 is 12.4. The highest BCUT2D eigenvalue weighted by atomic mass is 79.9. The maximum atomic E-state index is 12.8. The maximum absolute atomic E-state index is 12.8. The molecular weight excluding hydrogens is 444 g/mol. The van der Waals surface area contributed by atoms with E-state index < -0.39 is 0 Å². The molecule has 0 unspecified atom stereocenters. The van der Waals surface area contributed by atoms with Crippen LogP contribution in [0.5, 0.6) is 11.5 Å². The quantitative estimate of drug-likeness (QED) is 0.547. The summed E-state index contributed by atoms with van der Waals surface area (Å²) in [5.41, 5.74) is 1.70. The number of halogens is 1. The van der Waals surface area contributed by atoms with Gasteiger partial charge in [0.2, 0.25) is 0 Å². The van der Waals surface area contributed by atoms with Crippen molar-refractivity contribution in [2.75, 3.05) is 19.8 Å². The van der Waals surface area contributed by atoms with Crippen molar-refractivity contribution < 1.29 is 14.3 Å². The van der Waals surface area contributed by atoms with Crippen molar-refractivity contribution in [3.05, 3.63) is 88.7 Å². The number of carbonyl (C=O) groups is 1. The lowest BCUT2D eigenvalue weighted by Crippen LogP contribution is -2.44. The van der Waals surface area contributed by atoms with E-state index in [4.69, 9.17) is 9.47 Å². The van der Waals surface area contributed by atoms with Crippen molar-refractivity contribution in [3.8, 4) is 11.5 Å². The number of rotatable bonds is 6. The zero-order valence-corrected chi connectivity index (χ0v) is 18.1. The first-order valence-electron chi connectivity index (χ1n) is 9.95. The van der Waals surface area contributed by atoms with Crippen molar-refractivity contribution >= 4 is 21.8 Å². The molecule has 154 valence electrons. The van der Waals surface area contributed by atoms with Gasteiger partial charge in [-0.3, -0.25) is 9.78 Å².